The molecule has 13 heavy (non-hydrogen) atoms. The lowest BCUT2D eigenvalue weighted by Gasteiger charge is -2.31. The third-order valence-corrected chi connectivity index (χ3v) is 2.21. The smallest absolute Gasteiger partial charge is 0.277 e. The quantitative estimate of drug-likeness (QED) is 0.676. The minimum Gasteiger partial charge on any atom is -0.392 e. The SMILES string of the molecule is C=CC(C)(C)C(F)(F)/C(C)=C/CO. The Balaban J connectivity index is 4.95. The van der Waals surface area contributed by atoms with Gasteiger partial charge in [0.15, 0.2) is 0 Å². The molecule has 3 heteroatoms. The van der Waals surface area contributed by atoms with Crippen LogP contribution in [0.25, 0.3) is 0 Å². The molecule has 0 aliphatic heterocycles. The van der Waals surface area contributed by atoms with E-state index in [1.54, 1.807) is 0 Å². The fourth-order valence-electron chi connectivity index (χ4n) is 0.901. The summed E-state index contributed by atoms with van der Waals surface area (Å²) in [5, 5.41) is 8.50. The van der Waals surface area contributed by atoms with Gasteiger partial charge in [-0.05, 0) is 12.5 Å². The molecular formula is C10H16F2O. The number of allylic oxidation sites excluding steroid dienone is 2. The van der Waals surface area contributed by atoms with Crippen molar-refractivity contribution < 1.29 is 13.9 Å². The molecule has 0 heterocycles. The fourth-order valence-corrected chi connectivity index (χ4v) is 0.901. The van der Waals surface area contributed by atoms with Crippen molar-refractivity contribution in [3.05, 3.63) is 24.3 Å². The van der Waals surface area contributed by atoms with E-state index in [1.807, 2.05) is 0 Å². The maximum atomic E-state index is 13.5. The molecule has 1 nitrogen and oxygen atoms in total. The van der Waals surface area contributed by atoms with Crippen molar-refractivity contribution >= 4 is 0 Å². The number of hydrogen-bond acceptors (Lipinski definition) is 1. The van der Waals surface area contributed by atoms with E-state index in [4.69, 9.17) is 5.11 Å². The van der Waals surface area contributed by atoms with E-state index in [9.17, 15) is 8.78 Å². The van der Waals surface area contributed by atoms with E-state index >= 15 is 0 Å². The molecule has 0 aliphatic rings. The first-order chi connectivity index (χ1) is 5.79. The molecule has 0 aromatic heterocycles. The summed E-state index contributed by atoms with van der Waals surface area (Å²) in [4.78, 5) is 0. The zero-order chi connectivity index (χ0) is 10.7. The highest BCUT2D eigenvalue weighted by Crippen LogP contribution is 2.42. The second-order valence-electron chi connectivity index (χ2n) is 3.57. The normalized spacial score (nSPS) is 14.5. The van der Waals surface area contributed by atoms with Crippen LogP contribution in [-0.4, -0.2) is 17.6 Å². The van der Waals surface area contributed by atoms with Gasteiger partial charge in [0.05, 0.1) is 12.0 Å². The highest BCUT2D eigenvalue weighted by Gasteiger charge is 2.45. The van der Waals surface area contributed by atoms with Gasteiger partial charge in [-0.25, -0.2) is 8.78 Å². The van der Waals surface area contributed by atoms with Crippen molar-refractivity contribution in [2.24, 2.45) is 5.41 Å². The maximum Gasteiger partial charge on any atom is 0.277 e. The van der Waals surface area contributed by atoms with Gasteiger partial charge in [0, 0.05) is 0 Å². The van der Waals surface area contributed by atoms with E-state index in [2.05, 4.69) is 6.58 Å². The van der Waals surface area contributed by atoms with Crippen molar-refractivity contribution in [2.45, 2.75) is 26.7 Å². The molecular weight excluding hydrogens is 174 g/mol. The third-order valence-electron chi connectivity index (χ3n) is 2.21. The van der Waals surface area contributed by atoms with Crippen molar-refractivity contribution in [3.8, 4) is 0 Å². The van der Waals surface area contributed by atoms with Gasteiger partial charge in [-0.2, -0.15) is 0 Å². The van der Waals surface area contributed by atoms with E-state index in [0.29, 0.717) is 0 Å². The van der Waals surface area contributed by atoms with Crippen LogP contribution in [0, 0.1) is 5.41 Å². The Bertz CT molecular complexity index is 217. The average Bonchev–Trinajstić information content (AvgIpc) is 2.04. The summed E-state index contributed by atoms with van der Waals surface area (Å²) in [7, 11) is 0. The summed E-state index contributed by atoms with van der Waals surface area (Å²) in [5.41, 5.74) is -1.41. The molecule has 0 saturated heterocycles. The van der Waals surface area contributed by atoms with Crippen LogP contribution < -0.4 is 0 Å². The molecule has 0 atom stereocenters. The number of alkyl halides is 2. The van der Waals surface area contributed by atoms with Crippen LogP contribution in [0.5, 0.6) is 0 Å². The Kier molecular flexibility index (Phi) is 3.79. The summed E-state index contributed by atoms with van der Waals surface area (Å²) in [6.45, 7) is 7.13. The minimum atomic E-state index is -2.96. The maximum absolute atomic E-state index is 13.5. The number of hydrogen-bond donors (Lipinski definition) is 1. The molecule has 0 fully saturated rings. The molecule has 0 bridgehead atoms. The Morgan fingerprint density at radius 3 is 2.23 bits per heavy atom. The Morgan fingerprint density at radius 1 is 1.46 bits per heavy atom. The number of rotatable bonds is 4. The van der Waals surface area contributed by atoms with Gasteiger partial charge >= 0.3 is 0 Å². The highest BCUT2D eigenvalue weighted by atomic mass is 19.3. The van der Waals surface area contributed by atoms with Crippen LogP contribution in [0.4, 0.5) is 8.78 Å². The lowest BCUT2D eigenvalue weighted by Crippen LogP contribution is -2.35. The predicted molar refractivity (Wildman–Crippen MR) is 49.8 cm³/mol. The van der Waals surface area contributed by atoms with E-state index < -0.39 is 11.3 Å². The summed E-state index contributed by atoms with van der Waals surface area (Å²) in [6, 6.07) is 0. The topological polar surface area (TPSA) is 20.2 Å². The third kappa shape index (κ3) is 2.37. The monoisotopic (exact) mass is 190 g/mol. The van der Waals surface area contributed by atoms with Crippen molar-refractivity contribution in [2.75, 3.05) is 6.61 Å². The summed E-state index contributed by atoms with van der Waals surface area (Å²) >= 11 is 0. The molecule has 0 spiro atoms. The molecule has 0 rings (SSSR count). The van der Waals surface area contributed by atoms with Gasteiger partial charge in [-0.1, -0.05) is 26.0 Å². The van der Waals surface area contributed by atoms with E-state index in [-0.39, 0.29) is 12.2 Å². The predicted octanol–water partition coefficient (Wildman–Crippen LogP) is 2.77. The molecule has 1 N–H and O–H groups in total. The highest BCUT2D eigenvalue weighted by molar-refractivity contribution is 5.18. The molecule has 0 unspecified atom stereocenters. The number of aliphatic hydroxyl groups is 1. The summed E-state index contributed by atoms with van der Waals surface area (Å²) in [5.74, 6) is -2.96. The molecule has 0 aromatic carbocycles. The lowest BCUT2D eigenvalue weighted by atomic mass is 9.82. The number of halogens is 2. The zero-order valence-electron chi connectivity index (χ0n) is 8.27. The standard InChI is InChI=1S/C10H16F2O/c1-5-9(3,4)10(11,12)8(2)6-7-13/h5-6,13H,1,7H2,2-4H3/b8-6+. The van der Waals surface area contributed by atoms with Crippen LogP contribution in [0.3, 0.4) is 0 Å². The van der Waals surface area contributed by atoms with Crippen LogP contribution >= 0.6 is 0 Å². The van der Waals surface area contributed by atoms with Gasteiger partial charge in [0.2, 0.25) is 0 Å². The van der Waals surface area contributed by atoms with Crippen molar-refractivity contribution in [1.29, 1.82) is 0 Å². The Hall–Kier alpha value is -0.700. The van der Waals surface area contributed by atoms with E-state index in [1.165, 1.54) is 26.8 Å². The first-order valence-electron chi connectivity index (χ1n) is 4.09. The summed E-state index contributed by atoms with van der Waals surface area (Å²) < 4.78 is 27.1. The van der Waals surface area contributed by atoms with Crippen molar-refractivity contribution in [1.82, 2.24) is 0 Å². The minimum absolute atomic E-state index is 0.125. The average molecular weight is 190 g/mol. The van der Waals surface area contributed by atoms with Crippen LogP contribution in [0.1, 0.15) is 20.8 Å². The Morgan fingerprint density at radius 2 is 1.92 bits per heavy atom. The van der Waals surface area contributed by atoms with Gasteiger partial charge in [0.25, 0.3) is 5.92 Å². The zero-order valence-corrected chi connectivity index (χ0v) is 8.27. The van der Waals surface area contributed by atoms with Gasteiger partial charge in [0.1, 0.15) is 0 Å². The van der Waals surface area contributed by atoms with Crippen LogP contribution in [-0.2, 0) is 0 Å². The molecule has 0 radical (unpaired) electrons. The lowest BCUT2D eigenvalue weighted by molar-refractivity contribution is -0.0457. The molecule has 0 saturated carbocycles. The molecule has 0 amide bonds. The van der Waals surface area contributed by atoms with Crippen LogP contribution in [0.2, 0.25) is 0 Å². The van der Waals surface area contributed by atoms with Gasteiger partial charge in [-0.3, -0.25) is 0 Å². The first kappa shape index (κ1) is 12.3. The number of aliphatic hydroxyl groups excluding tert-OH is 1. The largest absolute Gasteiger partial charge is 0.392 e. The van der Waals surface area contributed by atoms with Crippen LogP contribution in [0.15, 0.2) is 24.3 Å². The second kappa shape index (κ2) is 4.01. The molecule has 0 aromatic rings. The van der Waals surface area contributed by atoms with Crippen molar-refractivity contribution in [3.63, 3.8) is 0 Å². The van der Waals surface area contributed by atoms with Gasteiger partial charge < -0.3 is 5.11 Å². The molecule has 0 aliphatic carbocycles. The first-order valence-corrected chi connectivity index (χ1v) is 4.09. The Labute approximate surface area is 77.8 Å². The van der Waals surface area contributed by atoms with Gasteiger partial charge in [-0.15, -0.1) is 6.58 Å². The fraction of sp³-hybridized carbons (Fsp3) is 0.600. The summed E-state index contributed by atoms with van der Waals surface area (Å²) in [6.07, 6.45) is 2.34. The van der Waals surface area contributed by atoms with E-state index in [0.717, 1.165) is 6.08 Å². The second-order valence-corrected chi connectivity index (χ2v) is 3.57. The molecule has 76 valence electrons.